The first-order valence-corrected chi connectivity index (χ1v) is 10.5. The summed E-state index contributed by atoms with van der Waals surface area (Å²) in [4.78, 5) is 32.0. The van der Waals surface area contributed by atoms with Crippen molar-refractivity contribution in [2.24, 2.45) is 0 Å². The van der Waals surface area contributed by atoms with E-state index in [9.17, 15) is 9.59 Å². The van der Waals surface area contributed by atoms with Gasteiger partial charge in [0.1, 0.15) is 11.6 Å². The minimum absolute atomic E-state index is 0.195. The van der Waals surface area contributed by atoms with Gasteiger partial charge in [0.15, 0.2) is 6.61 Å². The topological polar surface area (TPSA) is 83.6 Å². The molecule has 4 rings (SSSR count). The van der Waals surface area contributed by atoms with Crippen molar-refractivity contribution in [2.45, 2.75) is 26.7 Å². The third-order valence-electron chi connectivity index (χ3n) is 5.37. The zero-order valence-corrected chi connectivity index (χ0v) is 17.8. The van der Waals surface area contributed by atoms with E-state index in [0.717, 1.165) is 48.0 Å². The molecule has 2 heterocycles. The number of carbonyl (C=O) groups is 2. The first-order chi connectivity index (χ1) is 15.0. The molecule has 0 aliphatic carbocycles. The standard InChI is InChI=1S/C24H26N4O3/c1-16-9-10-17(2)21(13-16)31-15-22(29)26-27-24(30)19-14-18-7-3-4-8-20(18)25-23(19)28-11-5-6-12-28/h3-4,7-10,13-14H,5-6,11-12,15H2,1-2H3,(H,26,29)(H,27,30). The predicted octanol–water partition coefficient (Wildman–Crippen LogP) is 3.29. The molecule has 7 nitrogen and oxygen atoms in total. The summed E-state index contributed by atoms with van der Waals surface area (Å²) >= 11 is 0. The van der Waals surface area contributed by atoms with Crippen LogP contribution in [0.2, 0.25) is 0 Å². The lowest BCUT2D eigenvalue weighted by molar-refractivity contribution is -0.123. The van der Waals surface area contributed by atoms with Crippen molar-refractivity contribution >= 4 is 28.5 Å². The van der Waals surface area contributed by atoms with Crippen LogP contribution in [0.4, 0.5) is 5.82 Å². The van der Waals surface area contributed by atoms with Crippen molar-refractivity contribution in [3.63, 3.8) is 0 Å². The molecule has 0 bridgehead atoms. The Kier molecular flexibility index (Phi) is 6.02. The van der Waals surface area contributed by atoms with Crippen molar-refractivity contribution in [3.8, 4) is 5.75 Å². The summed E-state index contributed by atoms with van der Waals surface area (Å²) in [6, 6.07) is 15.3. The Balaban J connectivity index is 1.44. The van der Waals surface area contributed by atoms with E-state index in [1.165, 1.54) is 0 Å². The highest BCUT2D eigenvalue weighted by molar-refractivity contribution is 6.03. The number of amides is 2. The fourth-order valence-corrected chi connectivity index (χ4v) is 3.68. The van der Waals surface area contributed by atoms with E-state index in [4.69, 9.17) is 9.72 Å². The van der Waals surface area contributed by atoms with Gasteiger partial charge in [0, 0.05) is 18.5 Å². The van der Waals surface area contributed by atoms with Gasteiger partial charge in [0.2, 0.25) is 0 Å². The monoisotopic (exact) mass is 418 g/mol. The van der Waals surface area contributed by atoms with E-state index in [1.54, 1.807) is 0 Å². The number of nitrogens with one attached hydrogen (secondary N) is 2. The summed E-state index contributed by atoms with van der Waals surface area (Å²) in [5.74, 6) is 0.456. The van der Waals surface area contributed by atoms with Gasteiger partial charge in [-0.1, -0.05) is 30.3 Å². The number of hydrazine groups is 1. The lowest BCUT2D eigenvalue weighted by atomic mass is 10.1. The molecule has 1 saturated heterocycles. The zero-order chi connectivity index (χ0) is 21.8. The Labute approximate surface area is 181 Å². The largest absolute Gasteiger partial charge is 0.483 e. The van der Waals surface area contributed by atoms with Crippen molar-refractivity contribution < 1.29 is 14.3 Å². The van der Waals surface area contributed by atoms with Crippen molar-refractivity contribution in [3.05, 3.63) is 65.2 Å². The molecule has 160 valence electrons. The summed E-state index contributed by atoms with van der Waals surface area (Å²) in [5, 5.41) is 0.875. The summed E-state index contributed by atoms with van der Waals surface area (Å²) in [6.45, 7) is 5.41. The molecule has 0 spiro atoms. The van der Waals surface area contributed by atoms with Gasteiger partial charge >= 0.3 is 0 Å². The van der Waals surface area contributed by atoms with Crippen LogP contribution in [0.5, 0.6) is 5.75 Å². The van der Waals surface area contributed by atoms with Crippen molar-refractivity contribution in [1.82, 2.24) is 15.8 Å². The number of fused-ring (bicyclic) bond motifs is 1. The molecule has 0 saturated carbocycles. The first-order valence-electron chi connectivity index (χ1n) is 10.5. The highest BCUT2D eigenvalue weighted by Gasteiger charge is 2.22. The summed E-state index contributed by atoms with van der Waals surface area (Å²) in [5.41, 5.74) is 8.22. The number of para-hydroxylation sites is 1. The maximum absolute atomic E-state index is 12.9. The van der Waals surface area contributed by atoms with Gasteiger partial charge < -0.3 is 9.64 Å². The van der Waals surface area contributed by atoms with Crippen LogP contribution in [0.3, 0.4) is 0 Å². The molecule has 0 atom stereocenters. The summed E-state index contributed by atoms with van der Waals surface area (Å²) in [7, 11) is 0. The van der Waals surface area contributed by atoms with Gasteiger partial charge in [0.25, 0.3) is 11.8 Å². The highest BCUT2D eigenvalue weighted by atomic mass is 16.5. The first kappa shape index (κ1) is 20.7. The maximum atomic E-state index is 12.9. The van der Waals surface area contributed by atoms with Crippen molar-refractivity contribution in [1.29, 1.82) is 0 Å². The molecule has 0 unspecified atom stereocenters. The second-order valence-corrected chi connectivity index (χ2v) is 7.81. The van der Waals surface area contributed by atoms with E-state index in [1.807, 2.05) is 62.4 Å². The Morgan fingerprint density at radius 1 is 1.03 bits per heavy atom. The van der Waals surface area contributed by atoms with Crippen LogP contribution < -0.4 is 20.5 Å². The smallest absolute Gasteiger partial charge is 0.276 e. The van der Waals surface area contributed by atoms with Gasteiger partial charge in [-0.2, -0.15) is 0 Å². The molecule has 1 aliphatic heterocycles. The number of rotatable bonds is 5. The lowest BCUT2D eigenvalue weighted by Crippen LogP contribution is -2.44. The summed E-state index contributed by atoms with van der Waals surface area (Å²) in [6.07, 6.45) is 2.14. The average molecular weight is 418 g/mol. The molecule has 1 aromatic heterocycles. The fourth-order valence-electron chi connectivity index (χ4n) is 3.68. The second-order valence-electron chi connectivity index (χ2n) is 7.81. The number of carbonyl (C=O) groups excluding carboxylic acids is 2. The molecule has 2 N–H and O–H groups in total. The Morgan fingerprint density at radius 2 is 1.81 bits per heavy atom. The van der Waals surface area contributed by atoms with Gasteiger partial charge in [-0.05, 0) is 56.0 Å². The fraction of sp³-hybridized carbons (Fsp3) is 0.292. The number of benzene rings is 2. The Morgan fingerprint density at radius 3 is 2.61 bits per heavy atom. The van der Waals surface area contributed by atoms with Gasteiger partial charge in [-0.3, -0.25) is 20.4 Å². The minimum Gasteiger partial charge on any atom is -0.483 e. The summed E-state index contributed by atoms with van der Waals surface area (Å²) < 4.78 is 5.60. The van der Waals surface area contributed by atoms with E-state index in [2.05, 4.69) is 15.8 Å². The highest BCUT2D eigenvalue weighted by Crippen LogP contribution is 2.26. The predicted molar refractivity (Wildman–Crippen MR) is 120 cm³/mol. The Hall–Kier alpha value is -3.61. The van der Waals surface area contributed by atoms with Gasteiger partial charge in [0.05, 0.1) is 11.1 Å². The molecular formula is C24H26N4O3. The second kappa shape index (κ2) is 9.04. The van der Waals surface area contributed by atoms with Crippen LogP contribution in [0.15, 0.2) is 48.5 Å². The van der Waals surface area contributed by atoms with E-state index in [-0.39, 0.29) is 6.61 Å². The van der Waals surface area contributed by atoms with Gasteiger partial charge in [-0.25, -0.2) is 4.98 Å². The molecule has 1 aliphatic rings. The number of hydrogen-bond acceptors (Lipinski definition) is 5. The maximum Gasteiger partial charge on any atom is 0.276 e. The number of hydrogen-bond donors (Lipinski definition) is 2. The van der Waals surface area contributed by atoms with Gasteiger partial charge in [-0.15, -0.1) is 0 Å². The van der Waals surface area contributed by atoms with Crippen LogP contribution >= 0.6 is 0 Å². The van der Waals surface area contributed by atoms with E-state index >= 15 is 0 Å². The Bertz CT molecular complexity index is 1120. The lowest BCUT2D eigenvalue weighted by Gasteiger charge is -2.20. The quantitative estimate of drug-likeness (QED) is 0.621. The van der Waals surface area contributed by atoms with Crippen molar-refractivity contribution in [2.75, 3.05) is 24.6 Å². The number of ether oxygens (including phenoxy) is 1. The number of aryl methyl sites for hydroxylation is 2. The van der Waals surface area contributed by atoms with Crippen LogP contribution in [-0.2, 0) is 4.79 Å². The molecule has 1 fully saturated rings. The normalized spacial score (nSPS) is 13.3. The van der Waals surface area contributed by atoms with Crippen LogP contribution in [-0.4, -0.2) is 36.5 Å². The third-order valence-corrected chi connectivity index (χ3v) is 5.37. The number of aromatic nitrogens is 1. The van der Waals surface area contributed by atoms with Crippen LogP contribution in [0, 0.1) is 13.8 Å². The number of anilines is 1. The number of nitrogens with zero attached hydrogens (tertiary/aromatic N) is 2. The van der Waals surface area contributed by atoms with E-state index < -0.39 is 11.8 Å². The molecule has 2 amide bonds. The minimum atomic E-state index is -0.439. The van der Waals surface area contributed by atoms with Crippen LogP contribution in [0.25, 0.3) is 10.9 Å². The zero-order valence-electron chi connectivity index (χ0n) is 17.8. The molecule has 7 heteroatoms. The molecule has 2 aromatic carbocycles. The molecule has 0 radical (unpaired) electrons. The van der Waals surface area contributed by atoms with Crippen LogP contribution in [0.1, 0.15) is 34.3 Å². The molecule has 31 heavy (non-hydrogen) atoms. The SMILES string of the molecule is Cc1ccc(C)c(OCC(=O)NNC(=O)c2cc3ccccc3nc2N2CCCC2)c1. The third kappa shape index (κ3) is 4.77. The average Bonchev–Trinajstić information content (AvgIpc) is 3.32. The molecule has 3 aromatic rings. The molecular weight excluding hydrogens is 392 g/mol. The van der Waals surface area contributed by atoms with E-state index in [0.29, 0.717) is 17.1 Å². The number of pyridine rings is 1.